The van der Waals surface area contributed by atoms with Crippen LogP contribution in [0, 0.1) is 5.92 Å². The van der Waals surface area contributed by atoms with Crippen molar-refractivity contribution in [3.8, 4) is 0 Å². The van der Waals surface area contributed by atoms with Crippen LogP contribution in [-0.4, -0.2) is 38.6 Å². The van der Waals surface area contributed by atoms with Crippen molar-refractivity contribution in [2.45, 2.75) is 19.1 Å². The van der Waals surface area contributed by atoms with Gasteiger partial charge < -0.3 is 20.1 Å². The lowest BCUT2D eigenvalue weighted by molar-refractivity contribution is -0.141. The summed E-state index contributed by atoms with van der Waals surface area (Å²) in [5.74, 6) is 1.03. The molecule has 100 valence electrons. The second kappa shape index (κ2) is 6.02. The van der Waals surface area contributed by atoms with Crippen LogP contribution in [0.1, 0.15) is 12.8 Å². The predicted molar refractivity (Wildman–Crippen MR) is 71.4 cm³/mol. The Morgan fingerprint density at radius 1 is 1.28 bits per heavy atom. The zero-order chi connectivity index (χ0) is 13.0. The highest BCUT2D eigenvalue weighted by Gasteiger charge is 2.26. The molecule has 1 fully saturated rings. The van der Waals surface area contributed by atoms with Crippen molar-refractivity contribution in [2.75, 3.05) is 37.9 Å². The van der Waals surface area contributed by atoms with Gasteiger partial charge in [0.2, 0.25) is 0 Å². The van der Waals surface area contributed by atoms with Gasteiger partial charge in [-0.25, -0.2) is 4.98 Å². The number of piperidine rings is 1. The first kappa shape index (κ1) is 13.1. The minimum Gasteiger partial charge on any atom is -0.384 e. The number of pyridine rings is 1. The summed E-state index contributed by atoms with van der Waals surface area (Å²) in [5.41, 5.74) is 6.72. The van der Waals surface area contributed by atoms with Gasteiger partial charge in [-0.3, -0.25) is 0 Å². The molecule has 18 heavy (non-hydrogen) atoms. The van der Waals surface area contributed by atoms with Crippen LogP contribution in [0.5, 0.6) is 0 Å². The molecule has 0 saturated carbocycles. The molecule has 0 spiro atoms. The van der Waals surface area contributed by atoms with Crippen LogP contribution in [0.4, 0.5) is 11.5 Å². The number of hydrogen-bond acceptors (Lipinski definition) is 5. The van der Waals surface area contributed by atoms with Gasteiger partial charge in [0.15, 0.2) is 6.29 Å². The number of anilines is 2. The van der Waals surface area contributed by atoms with E-state index in [0.29, 0.717) is 11.7 Å². The number of nitrogen functional groups attached to an aromatic ring is 1. The maximum absolute atomic E-state index is 5.59. The molecule has 5 heteroatoms. The van der Waals surface area contributed by atoms with Crippen molar-refractivity contribution in [1.29, 1.82) is 0 Å². The minimum absolute atomic E-state index is 0.0864. The number of nitrogens with zero attached hydrogens (tertiary/aromatic N) is 2. The molecule has 0 atom stereocenters. The molecule has 1 aliphatic rings. The van der Waals surface area contributed by atoms with Gasteiger partial charge in [-0.05, 0) is 25.0 Å². The highest BCUT2D eigenvalue weighted by atomic mass is 16.7. The summed E-state index contributed by atoms with van der Waals surface area (Å²) >= 11 is 0. The fourth-order valence-corrected chi connectivity index (χ4v) is 2.50. The van der Waals surface area contributed by atoms with E-state index in [2.05, 4.69) is 9.88 Å². The van der Waals surface area contributed by atoms with Gasteiger partial charge in [0.05, 0.1) is 11.9 Å². The molecule has 0 radical (unpaired) electrons. The van der Waals surface area contributed by atoms with Crippen LogP contribution < -0.4 is 10.6 Å². The van der Waals surface area contributed by atoms with Crippen molar-refractivity contribution in [3.05, 3.63) is 18.3 Å². The van der Waals surface area contributed by atoms with Gasteiger partial charge in [-0.15, -0.1) is 0 Å². The van der Waals surface area contributed by atoms with E-state index in [1.165, 1.54) is 0 Å². The Balaban J connectivity index is 1.92. The van der Waals surface area contributed by atoms with Gasteiger partial charge in [0.25, 0.3) is 0 Å². The summed E-state index contributed by atoms with van der Waals surface area (Å²) < 4.78 is 10.7. The maximum atomic E-state index is 5.59. The number of methoxy groups -OCH3 is 2. The molecule has 2 N–H and O–H groups in total. The third kappa shape index (κ3) is 2.91. The second-order valence-electron chi connectivity index (χ2n) is 4.61. The van der Waals surface area contributed by atoms with E-state index in [-0.39, 0.29) is 6.29 Å². The summed E-state index contributed by atoms with van der Waals surface area (Å²) in [7, 11) is 3.40. The number of rotatable bonds is 4. The summed E-state index contributed by atoms with van der Waals surface area (Å²) in [6.07, 6.45) is 3.88. The monoisotopic (exact) mass is 251 g/mol. The fraction of sp³-hybridized carbons (Fsp3) is 0.615. The molecular formula is C13H21N3O2. The third-order valence-corrected chi connectivity index (χ3v) is 3.53. The zero-order valence-corrected chi connectivity index (χ0v) is 11.0. The molecule has 1 aromatic heterocycles. The molecule has 0 aromatic carbocycles. The van der Waals surface area contributed by atoms with Gasteiger partial charge in [0.1, 0.15) is 5.82 Å². The smallest absolute Gasteiger partial charge is 0.159 e. The molecule has 5 nitrogen and oxygen atoms in total. The third-order valence-electron chi connectivity index (χ3n) is 3.53. The quantitative estimate of drug-likeness (QED) is 0.822. The van der Waals surface area contributed by atoms with Crippen molar-refractivity contribution < 1.29 is 9.47 Å². The number of hydrogen-bond donors (Lipinski definition) is 1. The van der Waals surface area contributed by atoms with E-state index in [1.54, 1.807) is 14.2 Å². The van der Waals surface area contributed by atoms with E-state index < -0.39 is 0 Å². The molecule has 0 amide bonds. The lowest BCUT2D eigenvalue weighted by Crippen LogP contribution is -2.39. The average Bonchev–Trinajstić information content (AvgIpc) is 2.42. The van der Waals surface area contributed by atoms with Gasteiger partial charge in [-0.2, -0.15) is 0 Å². The summed E-state index contributed by atoms with van der Waals surface area (Å²) in [5, 5.41) is 0. The Morgan fingerprint density at radius 3 is 2.44 bits per heavy atom. The van der Waals surface area contributed by atoms with E-state index in [9.17, 15) is 0 Å². The Kier molecular flexibility index (Phi) is 4.38. The summed E-state index contributed by atoms with van der Waals surface area (Å²) in [6, 6.07) is 3.86. The van der Waals surface area contributed by atoms with Crippen molar-refractivity contribution in [2.24, 2.45) is 5.92 Å². The Bertz CT molecular complexity index is 357. The molecule has 2 rings (SSSR count). The molecule has 0 unspecified atom stereocenters. The summed E-state index contributed by atoms with van der Waals surface area (Å²) in [6.45, 7) is 2.00. The second-order valence-corrected chi connectivity index (χ2v) is 4.61. The van der Waals surface area contributed by atoms with E-state index in [0.717, 1.165) is 31.6 Å². The molecule has 0 bridgehead atoms. The normalized spacial score (nSPS) is 17.4. The minimum atomic E-state index is -0.0864. The van der Waals surface area contributed by atoms with Gasteiger partial charge >= 0.3 is 0 Å². The Morgan fingerprint density at radius 2 is 1.94 bits per heavy atom. The van der Waals surface area contributed by atoms with Crippen molar-refractivity contribution in [1.82, 2.24) is 4.98 Å². The topological polar surface area (TPSA) is 60.6 Å². The molecule has 1 aromatic rings. The van der Waals surface area contributed by atoms with E-state index in [4.69, 9.17) is 15.2 Å². The van der Waals surface area contributed by atoms with E-state index >= 15 is 0 Å². The van der Waals surface area contributed by atoms with E-state index in [1.807, 2.05) is 18.3 Å². The molecular weight excluding hydrogens is 230 g/mol. The molecule has 1 saturated heterocycles. The first-order valence-electron chi connectivity index (χ1n) is 6.26. The number of aromatic nitrogens is 1. The van der Waals surface area contributed by atoms with Gasteiger partial charge in [0, 0.05) is 33.2 Å². The lowest BCUT2D eigenvalue weighted by atomic mass is 9.96. The zero-order valence-electron chi connectivity index (χ0n) is 11.0. The first-order valence-corrected chi connectivity index (χ1v) is 6.26. The lowest BCUT2D eigenvalue weighted by Gasteiger charge is -2.35. The standard InChI is InChI=1S/C13H21N3O2/c1-17-13(18-2)10-5-7-16(8-6-10)11-3-4-12(14)15-9-11/h3-4,9-10,13H,5-8H2,1-2H3,(H2,14,15). The van der Waals surface area contributed by atoms with Gasteiger partial charge in [-0.1, -0.05) is 0 Å². The Labute approximate surface area is 108 Å². The van der Waals surface area contributed by atoms with Crippen LogP contribution in [-0.2, 0) is 9.47 Å². The summed E-state index contributed by atoms with van der Waals surface area (Å²) in [4.78, 5) is 6.45. The average molecular weight is 251 g/mol. The van der Waals surface area contributed by atoms with Crippen LogP contribution in [0.2, 0.25) is 0 Å². The molecule has 0 aliphatic carbocycles. The molecule has 2 heterocycles. The SMILES string of the molecule is COC(OC)C1CCN(c2ccc(N)nc2)CC1. The Hall–Kier alpha value is -1.33. The number of nitrogens with two attached hydrogens (primary N) is 1. The van der Waals surface area contributed by atoms with Crippen LogP contribution in [0.15, 0.2) is 18.3 Å². The first-order chi connectivity index (χ1) is 8.74. The van der Waals surface area contributed by atoms with Crippen LogP contribution in [0.3, 0.4) is 0 Å². The fourth-order valence-electron chi connectivity index (χ4n) is 2.50. The molecule has 1 aliphatic heterocycles. The van der Waals surface area contributed by atoms with Crippen molar-refractivity contribution in [3.63, 3.8) is 0 Å². The predicted octanol–water partition coefficient (Wildman–Crippen LogP) is 1.50. The number of ether oxygens (including phenoxy) is 2. The largest absolute Gasteiger partial charge is 0.384 e. The highest BCUT2D eigenvalue weighted by molar-refractivity contribution is 5.48. The van der Waals surface area contributed by atoms with Crippen molar-refractivity contribution >= 4 is 11.5 Å². The highest BCUT2D eigenvalue weighted by Crippen LogP contribution is 2.26. The maximum Gasteiger partial charge on any atom is 0.159 e. The van der Waals surface area contributed by atoms with Crippen LogP contribution in [0.25, 0.3) is 0 Å². The van der Waals surface area contributed by atoms with Crippen LogP contribution >= 0.6 is 0 Å².